The number of anilines is 3. The zero-order valence-corrected chi connectivity index (χ0v) is 14.4. The van der Waals surface area contributed by atoms with Crippen LogP contribution in [0.4, 0.5) is 17.1 Å². The molecule has 0 amide bonds. The molecule has 0 aliphatic heterocycles. The normalized spacial score (nSPS) is 10.9. The summed E-state index contributed by atoms with van der Waals surface area (Å²) in [5.74, 6) is 0. The van der Waals surface area contributed by atoms with Crippen LogP contribution in [0.5, 0.6) is 0 Å². The van der Waals surface area contributed by atoms with Gasteiger partial charge in [0.25, 0.3) is 0 Å². The van der Waals surface area contributed by atoms with Gasteiger partial charge in [-0.25, -0.2) is 0 Å². The first-order valence-corrected chi connectivity index (χ1v) is 8.53. The van der Waals surface area contributed by atoms with Crippen molar-refractivity contribution >= 4 is 40.5 Å². The molecule has 128 valence electrons. The van der Waals surface area contributed by atoms with Crippen molar-refractivity contribution in [3.8, 4) is 0 Å². The summed E-state index contributed by atoms with van der Waals surface area (Å²) in [6.07, 6.45) is 0. The highest BCUT2D eigenvalue weighted by atomic mass is 16.4. The number of aromatic amines is 1. The Hall–Kier alpha value is -3.02. The lowest BCUT2D eigenvalue weighted by molar-refractivity contribution is 0.424. The lowest BCUT2D eigenvalue weighted by Gasteiger charge is -2.25. The van der Waals surface area contributed by atoms with E-state index >= 15 is 0 Å². The minimum atomic E-state index is -1.53. The average molecular weight is 342 g/mol. The smallest absolute Gasteiger partial charge is 0.422 e. The molecule has 0 aliphatic carbocycles. The number of nitrogens with zero attached hydrogens (tertiary/aromatic N) is 1. The molecule has 1 aromatic heterocycles. The van der Waals surface area contributed by atoms with Crippen LogP contribution in [-0.4, -0.2) is 22.2 Å². The second kappa shape index (κ2) is 6.71. The van der Waals surface area contributed by atoms with Gasteiger partial charge >= 0.3 is 7.12 Å². The van der Waals surface area contributed by atoms with E-state index in [0.29, 0.717) is 5.59 Å². The quantitative estimate of drug-likeness (QED) is 0.497. The molecule has 0 saturated heterocycles. The Bertz CT molecular complexity index is 1040. The van der Waals surface area contributed by atoms with Gasteiger partial charge in [-0.1, -0.05) is 48.5 Å². The zero-order valence-electron chi connectivity index (χ0n) is 14.4. The Morgan fingerprint density at radius 1 is 0.769 bits per heavy atom. The molecule has 0 radical (unpaired) electrons. The van der Waals surface area contributed by atoms with Gasteiger partial charge in [0.15, 0.2) is 0 Å². The first-order chi connectivity index (χ1) is 12.6. The second-order valence-corrected chi connectivity index (χ2v) is 6.31. The highest BCUT2D eigenvalue weighted by molar-refractivity contribution is 6.57. The van der Waals surface area contributed by atoms with E-state index in [-0.39, 0.29) is 0 Å². The number of aromatic nitrogens is 1. The van der Waals surface area contributed by atoms with Gasteiger partial charge in [0, 0.05) is 22.7 Å². The van der Waals surface area contributed by atoms with Crippen molar-refractivity contribution in [2.24, 2.45) is 0 Å². The van der Waals surface area contributed by atoms with Crippen molar-refractivity contribution in [3.63, 3.8) is 0 Å². The summed E-state index contributed by atoms with van der Waals surface area (Å²) in [7, 11) is -1.53. The van der Waals surface area contributed by atoms with Gasteiger partial charge in [-0.05, 0) is 48.0 Å². The maximum absolute atomic E-state index is 9.53. The van der Waals surface area contributed by atoms with E-state index in [1.54, 1.807) is 6.07 Å². The Kier molecular flexibility index (Phi) is 4.25. The highest BCUT2D eigenvalue weighted by Crippen LogP contribution is 2.36. The molecule has 0 saturated carbocycles. The third-order valence-corrected chi connectivity index (χ3v) is 4.53. The predicted octanol–water partition coefficient (Wildman–Crippen LogP) is 3.63. The number of hydrogen-bond donors (Lipinski definition) is 3. The van der Waals surface area contributed by atoms with Crippen LogP contribution >= 0.6 is 0 Å². The standard InChI is InChI=1S/C21H19BN2O2/c1-15-20(14-21(23-15)22(25)26)24(18-9-3-2-4-10-18)19-12-11-16-7-5-6-8-17(16)13-19/h2-14,23,25-26H,1H3. The number of rotatable bonds is 4. The summed E-state index contributed by atoms with van der Waals surface area (Å²) < 4.78 is 0. The molecule has 4 rings (SSSR count). The predicted molar refractivity (Wildman–Crippen MR) is 108 cm³/mol. The van der Waals surface area contributed by atoms with Crippen LogP contribution in [0.15, 0.2) is 78.9 Å². The van der Waals surface area contributed by atoms with Crippen LogP contribution < -0.4 is 10.5 Å². The van der Waals surface area contributed by atoms with Gasteiger partial charge in [0.2, 0.25) is 0 Å². The summed E-state index contributed by atoms with van der Waals surface area (Å²) in [4.78, 5) is 5.17. The maximum Gasteiger partial charge on any atom is 0.505 e. The lowest BCUT2D eigenvalue weighted by Crippen LogP contribution is -2.30. The number of aryl methyl sites for hydroxylation is 1. The number of fused-ring (bicyclic) bond motifs is 1. The minimum absolute atomic E-state index is 0.374. The molecular weight excluding hydrogens is 323 g/mol. The summed E-state index contributed by atoms with van der Waals surface area (Å²) in [5.41, 5.74) is 4.14. The average Bonchev–Trinajstić information content (AvgIpc) is 3.05. The zero-order chi connectivity index (χ0) is 18.1. The van der Waals surface area contributed by atoms with Gasteiger partial charge in [-0.2, -0.15) is 0 Å². The maximum atomic E-state index is 9.53. The van der Waals surface area contributed by atoms with Crippen LogP contribution in [0.1, 0.15) is 5.69 Å². The van der Waals surface area contributed by atoms with Crippen LogP contribution in [0.3, 0.4) is 0 Å². The molecule has 3 N–H and O–H groups in total. The Labute approximate surface area is 152 Å². The number of benzene rings is 3. The van der Waals surface area contributed by atoms with Crippen molar-refractivity contribution in [2.75, 3.05) is 4.90 Å². The van der Waals surface area contributed by atoms with E-state index in [0.717, 1.165) is 28.1 Å². The van der Waals surface area contributed by atoms with Crippen LogP contribution in [0.25, 0.3) is 10.8 Å². The largest absolute Gasteiger partial charge is 0.505 e. The number of para-hydroxylation sites is 1. The van der Waals surface area contributed by atoms with E-state index in [9.17, 15) is 10.0 Å². The Morgan fingerprint density at radius 2 is 1.46 bits per heavy atom. The Morgan fingerprint density at radius 3 is 2.15 bits per heavy atom. The first kappa shape index (κ1) is 16.5. The molecule has 0 aliphatic rings. The van der Waals surface area contributed by atoms with Gasteiger partial charge in [-0.3, -0.25) is 0 Å². The van der Waals surface area contributed by atoms with Crippen molar-refractivity contribution in [2.45, 2.75) is 6.92 Å². The first-order valence-electron chi connectivity index (χ1n) is 8.53. The lowest BCUT2D eigenvalue weighted by atomic mass is 9.87. The SMILES string of the molecule is Cc1[nH]c(B(O)O)cc1N(c1ccccc1)c1ccc2ccccc2c1. The third-order valence-electron chi connectivity index (χ3n) is 4.53. The number of H-pyrrole nitrogens is 1. The summed E-state index contributed by atoms with van der Waals surface area (Å²) in [6, 6.07) is 26.4. The van der Waals surface area contributed by atoms with E-state index in [1.807, 2.05) is 49.4 Å². The molecule has 0 atom stereocenters. The van der Waals surface area contributed by atoms with Crippen LogP contribution in [0.2, 0.25) is 0 Å². The summed E-state index contributed by atoms with van der Waals surface area (Å²) in [5, 5.41) is 21.4. The van der Waals surface area contributed by atoms with E-state index < -0.39 is 7.12 Å². The molecule has 0 fully saturated rings. The fourth-order valence-electron chi connectivity index (χ4n) is 3.26. The van der Waals surface area contributed by atoms with E-state index in [4.69, 9.17) is 0 Å². The van der Waals surface area contributed by atoms with Crippen LogP contribution in [-0.2, 0) is 0 Å². The summed E-state index contributed by atoms with van der Waals surface area (Å²) in [6.45, 7) is 1.93. The fourth-order valence-corrected chi connectivity index (χ4v) is 3.26. The molecule has 26 heavy (non-hydrogen) atoms. The topological polar surface area (TPSA) is 59.5 Å². The van der Waals surface area contributed by atoms with Crippen LogP contribution in [0, 0.1) is 6.92 Å². The molecule has 4 aromatic rings. The molecule has 0 spiro atoms. The van der Waals surface area contributed by atoms with E-state index in [2.05, 4.69) is 40.2 Å². The van der Waals surface area contributed by atoms with Gasteiger partial charge in [-0.15, -0.1) is 0 Å². The number of hydrogen-bond acceptors (Lipinski definition) is 3. The van der Waals surface area contributed by atoms with Crippen molar-refractivity contribution < 1.29 is 10.0 Å². The highest BCUT2D eigenvalue weighted by Gasteiger charge is 2.21. The number of nitrogens with one attached hydrogen (secondary N) is 1. The minimum Gasteiger partial charge on any atom is -0.422 e. The Balaban J connectivity index is 1.91. The molecule has 0 unspecified atom stereocenters. The summed E-state index contributed by atoms with van der Waals surface area (Å²) >= 11 is 0. The van der Waals surface area contributed by atoms with Gasteiger partial charge in [0.05, 0.1) is 5.69 Å². The van der Waals surface area contributed by atoms with Gasteiger partial charge in [0.1, 0.15) is 0 Å². The molecule has 4 nitrogen and oxygen atoms in total. The fraction of sp³-hybridized carbons (Fsp3) is 0.0476. The third kappa shape index (κ3) is 2.99. The van der Waals surface area contributed by atoms with Crippen molar-refractivity contribution in [3.05, 3.63) is 84.6 Å². The molecule has 0 bridgehead atoms. The van der Waals surface area contributed by atoms with Gasteiger partial charge < -0.3 is 19.9 Å². The van der Waals surface area contributed by atoms with Crippen molar-refractivity contribution in [1.82, 2.24) is 4.98 Å². The molecule has 5 heteroatoms. The molecule has 3 aromatic carbocycles. The monoisotopic (exact) mass is 342 g/mol. The van der Waals surface area contributed by atoms with E-state index in [1.165, 1.54) is 5.39 Å². The molecular formula is C21H19BN2O2. The van der Waals surface area contributed by atoms with Crippen molar-refractivity contribution in [1.29, 1.82) is 0 Å². The molecule has 1 heterocycles. The second-order valence-electron chi connectivity index (χ2n) is 6.31.